The number of ether oxygens (including phenoxy) is 1. The monoisotopic (exact) mass is 399 g/mol. The largest absolute Gasteiger partial charge is 0.457 e. The van der Waals surface area contributed by atoms with Gasteiger partial charge in [0.15, 0.2) is 0 Å². The third kappa shape index (κ3) is 3.17. The summed E-state index contributed by atoms with van der Waals surface area (Å²) < 4.78 is 7.16. The predicted molar refractivity (Wildman–Crippen MR) is 114 cm³/mol. The lowest BCUT2D eigenvalue weighted by atomic mass is 10.1. The molecule has 0 N–H and O–H groups in total. The maximum atomic E-state index is 11.3. The Labute approximate surface area is 169 Å². The van der Waals surface area contributed by atoms with E-state index in [1.54, 1.807) is 29.7 Å². The smallest absolute Gasteiger partial charge is 0.279 e. The molecule has 7 heteroatoms. The molecule has 5 aromatic rings. The molecule has 0 aliphatic rings. The molecule has 0 radical (unpaired) electrons. The van der Waals surface area contributed by atoms with Gasteiger partial charge in [0, 0.05) is 29.4 Å². The zero-order valence-electron chi connectivity index (χ0n) is 15.0. The number of pyridine rings is 1. The zero-order valence-corrected chi connectivity index (χ0v) is 15.8. The van der Waals surface area contributed by atoms with Gasteiger partial charge in [-0.2, -0.15) is 0 Å². The van der Waals surface area contributed by atoms with Crippen molar-refractivity contribution in [3.63, 3.8) is 0 Å². The quantitative estimate of drug-likeness (QED) is 0.265. The molecule has 0 spiro atoms. The Hall–Kier alpha value is -3.84. The van der Waals surface area contributed by atoms with Crippen molar-refractivity contribution in [2.75, 3.05) is 0 Å². The van der Waals surface area contributed by atoms with Crippen LogP contribution < -0.4 is 4.74 Å². The lowest BCUT2D eigenvalue weighted by molar-refractivity contribution is -0.383. The van der Waals surface area contributed by atoms with Gasteiger partial charge in [-0.25, -0.2) is 4.98 Å². The van der Waals surface area contributed by atoms with E-state index in [-0.39, 0.29) is 5.69 Å². The summed E-state index contributed by atoms with van der Waals surface area (Å²) in [6.07, 6.45) is 3.08. The summed E-state index contributed by atoms with van der Waals surface area (Å²) in [6, 6.07) is 20.5. The minimum atomic E-state index is -0.416. The highest BCUT2D eigenvalue weighted by Gasteiger charge is 2.15. The summed E-state index contributed by atoms with van der Waals surface area (Å²) in [5.41, 5.74) is 2.00. The number of para-hydroxylation sites is 1. The molecule has 2 heterocycles. The Kier molecular flexibility index (Phi) is 4.14. The van der Waals surface area contributed by atoms with Crippen molar-refractivity contribution in [2.24, 2.45) is 0 Å². The summed E-state index contributed by atoms with van der Waals surface area (Å²) in [7, 11) is 0. The number of nitro groups is 1. The molecule has 0 aliphatic heterocycles. The fraction of sp³-hybridized carbons (Fsp3) is 0. The van der Waals surface area contributed by atoms with Crippen LogP contribution in [0.3, 0.4) is 0 Å². The predicted octanol–water partition coefficient (Wildman–Crippen LogP) is 6.21. The molecule has 0 unspecified atom stereocenters. The number of nitrogens with zero attached hydrogens (tertiary/aromatic N) is 3. The minimum Gasteiger partial charge on any atom is -0.457 e. The van der Waals surface area contributed by atoms with Crippen molar-refractivity contribution in [2.45, 2.75) is 0 Å². The van der Waals surface area contributed by atoms with Crippen molar-refractivity contribution in [3.8, 4) is 22.1 Å². The van der Waals surface area contributed by atoms with Crippen molar-refractivity contribution in [3.05, 3.63) is 89.2 Å². The third-order valence-corrected chi connectivity index (χ3v) is 5.66. The molecule has 3 aromatic carbocycles. The van der Waals surface area contributed by atoms with Gasteiger partial charge in [0.1, 0.15) is 16.5 Å². The average Bonchev–Trinajstić information content (AvgIpc) is 3.18. The first-order valence-corrected chi connectivity index (χ1v) is 9.66. The number of fused-ring (bicyclic) bond motifs is 2. The van der Waals surface area contributed by atoms with Gasteiger partial charge in [0.05, 0.1) is 20.5 Å². The average molecular weight is 399 g/mol. The van der Waals surface area contributed by atoms with E-state index in [0.29, 0.717) is 22.3 Å². The summed E-state index contributed by atoms with van der Waals surface area (Å²) in [5.74, 6) is 1.18. The lowest BCUT2D eigenvalue weighted by Crippen LogP contribution is -1.92. The van der Waals surface area contributed by atoms with E-state index < -0.39 is 4.92 Å². The maximum absolute atomic E-state index is 11.3. The molecule has 6 nitrogen and oxygen atoms in total. The van der Waals surface area contributed by atoms with Crippen LogP contribution in [-0.4, -0.2) is 14.9 Å². The van der Waals surface area contributed by atoms with Gasteiger partial charge < -0.3 is 4.74 Å². The SMILES string of the molecule is O=[N+]([O-])c1ccc(Oc2ccc(-c3nc4ccccc4s3)cc2)c2ccncc12. The van der Waals surface area contributed by atoms with E-state index in [0.717, 1.165) is 20.8 Å². The summed E-state index contributed by atoms with van der Waals surface area (Å²) in [6.45, 7) is 0. The summed E-state index contributed by atoms with van der Waals surface area (Å²) in [4.78, 5) is 19.5. The van der Waals surface area contributed by atoms with Gasteiger partial charge in [0.25, 0.3) is 5.69 Å². The van der Waals surface area contributed by atoms with Crippen LogP contribution in [0, 0.1) is 10.1 Å². The van der Waals surface area contributed by atoms with Crippen molar-refractivity contribution in [1.29, 1.82) is 0 Å². The molecule has 2 aromatic heterocycles. The van der Waals surface area contributed by atoms with Crippen molar-refractivity contribution >= 4 is 38.0 Å². The fourth-order valence-corrected chi connectivity index (χ4v) is 4.16. The van der Waals surface area contributed by atoms with E-state index in [4.69, 9.17) is 4.74 Å². The Balaban J connectivity index is 1.47. The topological polar surface area (TPSA) is 78.2 Å². The fourth-order valence-electron chi connectivity index (χ4n) is 3.18. The lowest BCUT2D eigenvalue weighted by Gasteiger charge is -2.09. The Morgan fingerprint density at radius 1 is 0.931 bits per heavy atom. The summed E-state index contributed by atoms with van der Waals surface area (Å²) in [5, 5.41) is 13.3. The Bertz CT molecular complexity index is 1330. The first-order valence-electron chi connectivity index (χ1n) is 8.84. The maximum Gasteiger partial charge on any atom is 0.279 e. The molecule has 0 saturated carbocycles. The number of nitro benzene ring substituents is 1. The molecule has 140 valence electrons. The molecular formula is C22H13N3O3S. The van der Waals surface area contributed by atoms with E-state index in [1.165, 1.54) is 12.3 Å². The number of hydrogen-bond donors (Lipinski definition) is 0. The van der Waals surface area contributed by atoms with E-state index in [1.807, 2.05) is 42.5 Å². The van der Waals surface area contributed by atoms with E-state index in [2.05, 4.69) is 16.0 Å². The number of aromatic nitrogens is 2. The van der Waals surface area contributed by atoms with Gasteiger partial charge in [-0.3, -0.25) is 15.1 Å². The van der Waals surface area contributed by atoms with Crippen LogP contribution in [0.2, 0.25) is 0 Å². The Morgan fingerprint density at radius 3 is 2.55 bits per heavy atom. The molecule has 5 rings (SSSR count). The van der Waals surface area contributed by atoms with Gasteiger partial charge in [-0.15, -0.1) is 11.3 Å². The van der Waals surface area contributed by atoms with Gasteiger partial charge in [-0.05, 0) is 48.5 Å². The van der Waals surface area contributed by atoms with Crippen LogP contribution >= 0.6 is 11.3 Å². The summed E-state index contributed by atoms with van der Waals surface area (Å²) >= 11 is 1.64. The van der Waals surface area contributed by atoms with Crippen LogP contribution in [0.5, 0.6) is 11.5 Å². The first-order chi connectivity index (χ1) is 14.2. The molecule has 29 heavy (non-hydrogen) atoms. The van der Waals surface area contributed by atoms with Crippen LogP contribution in [0.4, 0.5) is 5.69 Å². The molecule has 0 aliphatic carbocycles. The second kappa shape index (κ2) is 6.96. The molecular weight excluding hydrogens is 386 g/mol. The highest BCUT2D eigenvalue weighted by atomic mass is 32.1. The van der Waals surface area contributed by atoms with E-state index >= 15 is 0 Å². The number of thiazole rings is 1. The van der Waals surface area contributed by atoms with Crippen LogP contribution in [0.1, 0.15) is 0 Å². The number of benzene rings is 3. The molecule has 0 bridgehead atoms. The van der Waals surface area contributed by atoms with Gasteiger partial charge in [-0.1, -0.05) is 12.1 Å². The molecule has 0 atom stereocenters. The second-order valence-electron chi connectivity index (χ2n) is 6.37. The highest BCUT2D eigenvalue weighted by Crippen LogP contribution is 2.36. The van der Waals surface area contributed by atoms with Crippen molar-refractivity contribution < 1.29 is 9.66 Å². The third-order valence-electron chi connectivity index (χ3n) is 4.57. The number of non-ortho nitro benzene ring substituents is 1. The first kappa shape index (κ1) is 17.3. The standard InChI is InChI=1S/C22H13N3O3S/c26-25(27)19-9-10-20(16-11-12-23-13-17(16)19)28-15-7-5-14(6-8-15)22-24-18-3-1-2-4-21(18)29-22/h1-13H. The molecule has 0 fully saturated rings. The van der Waals surface area contributed by atoms with Crippen LogP contribution in [0.25, 0.3) is 31.6 Å². The highest BCUT2D eigenvalue weighted by molar-refractivity contribution is 7.21. The molecule has 0 saturated heterocycles. The number of rotatable bonds is 4. The second-order valence-corrected chi connectivity index (χ2v) is 7.41. The van der Waals surface area contributed by atoms with Crippen LogP contribution in [0.15, 0.2) is 79.1 Å². The van der Waals surface area contributed by atoms with Gasteiger partial charge in [0.2, 0.25) is 0 Å². The van der Waals surface area contributed by atoms with Crippen molar-refractivity contribution in [1.82, 2.24) is 9.97 Å². The van der Waals surface area contributed by atoms with Gasteiger partial charge >= 0.3 is 0 Å². The normalized spacial score (nSPS) is 11.0. The zero-order chi connectivity index (χ0) is 19.8. The molecule has 0 amide bonds. The van der Waals surface area contributed by atoms with E-state index in [9.17, 15) is 10.1 Å². The number of hydrogen-bond acceptors (Lipinski definition) is 6. The minimum absolute atomic E-state index is 0.00614. The Morgan fingerprint density at radius 2 is 1.76 bits per heavy atom. The van der Waals surface area contributed by atoms with Crippen LogP contribution in [-0.2, 0) is 0 Å².